The Labute approximate surface area is 185 Å². The van der Waals surface area contributed by atoms with Crippen LogP contribution in [-0.2, 0) is 14.8 Å². The van der Waals surface area contributed by atoms with Gasteiger partial charge < -0.3 is 5.11 Å². The summed E-state index contributed by atoms with van der Waals surface area (Å²) in [4.78, 5) is 12.6. The number of nitrogens with zero attached hydrogens (tertiary/aromatic N) is 2. The van der Waals surface area contributed by atoms with Crippen LogP contribution in [0, 0.1) is 0 Å². The van der Waals surface area contributed by atoms with Crippen molar-refractivity contribution < 1.29 is 18.3 Å². The lowest BCUT2D eigenvalue weighted by atomic mass is 10.1. The minimum absolute atomic E-state index is 0.0187. The molecule has 0 aliphatic rings. The van der Waals surface area contributed by atoms with E-state index in [0.29, 0.717) is 16.3 Å². The molecular weight excluding hydrogens is 438 g/mol. The van der Waals surface area contributed by atoms with Gasteiger partial charge in [-0.3, -0.25) is 9.10 Å². The van der Waals surface area contributed by atoms with Gasteiger partial charge in [0, 0.05) is 10.6 Å². The molecule has 3 aromatic rings. The Balaban J connectivity index is 1.88. The summed E-state index contributed by atoms with van der Waals surface area (Å²) >= 11 is 6.04. The normalized spacial score (nSPS) is 11.7. The van der Waals surface area contributed by atoms with Crippen molar-refractivity contribution >= 4 is 38.9 Å². The van der Waals surface area contributed by atoms with Gasteiger partial charge in [0.25, 0.3) is 15.9 Å². The Morgan fingerprint density at radius 1 is 1.03 bits per heavy atom. The molecule has 0 fully saturated rings. The van der Waals surface area contributed by atoms with Crippen LogP contribution in [0.25, 0.3) is 0 Å². The van der Waals surface area contributed by atoms with Gasteiger partial charge in [-0.1, -0.05) is 48.0 Å². The van der Waals surface area contributed by atoms with E-state index in [1.54, 1.807) is 61.5 Å². The highest BCUT2D eigenvalue weighted by molar-refractivity contribution is 7.92. The summed E-state index contributed by atoms with van der Waals surface area (Å²) in [6.45, 7) is 1.10. The van der Waals surface area contributed by atoms with E-state index in [9.17, 15) is 18.3 Å². The van der Waals surface area contributed by atoms with E-state index in [1.807, 2.05) is 0 Å². The molecule has 0 bridgehead atoms. The number of anilines is 1. The lowest BCUT2D eigenvalue weighted by Crippen LogP contribution is -2.39. The Kier molecular flexibility index (Phi) is 6.94. The number of nitrogens with one attached hydrogen (secondary N) is 1. The van der Waals surface area contributed by atoms with Gasteiger partial charge in [0.15, 0.2) is 0 Å². The van der Waals surface area contributed by atoms with Gasteiger partial charge >= 0.3 is 0 Å². The van der Waals surface area contributed by atoms with Gasteiger partial charge in [0.2, 0.25) is 0 Å². The van der Waals surface area contributed by atoms with E-state index in [4.69, 9.17) is 11.6 Å². The van der Waals surface area contributed by atoms with Crippen molar-refractivity contribution in [3.63, 3.8) is 0 Å². The number of carbonyl (C=O) groups is 1. The van der Waals surface area contributed by atoms with Crippen LogP contribution < -0.4 is 9.73 Å². The number of para-hydroxylation sites is 1. The van der Waals surface area contributed by atoms with Crippen molar-refractivity contribution in [3.8, 4) is 5.75 Å². The Hall–Kier alpha value is -3.36. The molecule has 2 N–H and O–H groups in total. The van der Waals surface area contributed by atoms with Crippen molar-refractivity contribution in [1.29, 1.82) is 0 Å². The summed E-state index contributed by atoms with van der Waals surface area (Å²) in [6.07, 6.45) is 0. The summed E-state index contributed by atoms with van der Waals surface area (Å²) in [5, 5.41) is 14.2. The molecule has 9 heteroatoms. The third kappa shape index (κ3) is 5.42. The van der Waals surface area contributed by atoms with E-state index in [2.05, 4.69) is 10.5 Å². The number of benzene rings is 3. The molecule has 0 aliphatic heterocycles. The molecule has 0 saturated heterocycles. The second-order valence-electron chi connectivity index (χ2n) is 6.55. The van der Waals surface area contributed by atoms with E-state index < -0.39 is 22.5 Å². The summed E-state index contributed by atoms with van der Waals surface area (Å²) < 4.78 is 27.4. The highest BCUT2D eigenvalue weighted by Gasteiger charge is 2.27. The van der Waals surface area contributed by atoms with Gasteiger partial charge in [0.05, 0.1) is 16.3 Å². The first kappa shape index (κ1) is 22.3. The van der Waals surface area contributed by atoms with Crippen LogP contribution in [0.5, 0.6) is 5.75 Å². The Morgan fingerprint density at radius 2 is 1.71 bits per heavy atom. The fourth-order valence-electron chi connectivity index (χ4n) is 2.82. The molecule has 0 aliphatic carbocycles. The first-order chi connectivity index (χ1) is 14.8. The van der Waals surface area contributed by atoms with Crippen LogP contribution in [0.3, 0.4) is 0 Å². The van der Waals surface area contributed by atoms with Gasteiger partial charge in [-0.2, -0.15) is 5.10 Å². The number of amides is 1. The second-order valence-corrected chi connectivity index (χ2v) is 8.85. The number of carbonyl (C=O) groups excluding carboxylic acids is 1. The van der Waals surface area contributed by atoms with E-state index in [-0.39, 0.29) is 16.3 Å². The highest BCUT2D eigenvalue weighted by Crippen LogP contribution is 2.26. The number of hydrazone groups is 1. The molecule has 0 aromatic heterocycles. The minimum Gasteiger partial charge on any atom is -0.507 e. The van der Waals surface area contributed by atoms with Gasteiger partial charge in [-0.25, -0.2) is 13.8 Å². The summed E-state index contributed by atoms with van der Waals surface area (Å²) in [7, 11) is -4.04. The van der Waals surface area contributed by atoms with Crippen molar-refractivity contribution in [3.05, 3.63) is 89.4 Å². The predicted octanol–water partition coefficient (Wildman–Crippen LogP) is 3.78. The molecule has 0 spiro atoms. The smallest absolute Gasteiger partial charge is 0.264 e. The molecule has 0 heterocycles. The van der Waals surface area contributed by atoms with Crippen molar-refractivity contribution in [2.45, 2.75) is 11.8 Å². The molecule has 0 saturated carbocycles. The average Bonchev–Trinajstić information content (AvgIpc) is 2.76. The first-order valence-corrected chi connectivity index (χ1v) is 11.1. The lowest BCUT2D eigenvalue weighted by molar-refractivity contribution is -0.119. The van der Waals surface area contributed by atoms with E-state index in [1.165, 1.54) is 24.3 Å². The van der Waals surface area contributed by atoms with Gasteiger partial charge in [-0.05, 0) is 49.4 Å². The maximum atomic E-state index is 13.2. The van der Waals surface area contributed by atoms with Crippen LogP contribution in [0.2, 0.25) is 5.02 Å². The zero-order chi connectivity index (χ0) is 22.4. The van der Waals surface area contributed by atoms with Gasteiger partial charge in [0.1, 0.15) is 12.3 Å². The number of aromatic hydroxyl groups is 1. The van der Waals surface area contributed by atoms with Gasteiger partial charge in [-0.15, -0.1) is 0 Å². The first-order valence-electron chi connectivity index (χ1n) is 9.24. The SMILES string of the molecule is C/C(=N/NC(=O)CN(c1cccc(Cl)c1)S(=O)(=O)c1ccccc1)c1ccccc1O. The fourth-order valence-corrected chi connectivity index (χ4v) is 4.44. The molecule has 7 nitrogen and oxygen atoms in total. The van der Waals surface area contributed by atoms with Crippen LogP contribution in [-0.4, -0.2) is 31.7 Å². The summed E-state index contributed by atoms with van der Waals surface area (Å²) in [6, 6.07) is 20.6. The third-order valence-electron chi connectivity index (χ3n) is 4.36. The molecule has 160 valence electrons. The highest BCUT2D eigenvalue weighted by atomic mass is 35.5. The fraction of sp³-hybridized carbons (Fsp3) is 0.0909. The van der Waals surface area contributed by atoms with Crippen LogP contribution in [0.1, 0.15) is 12.5 Å². The van der Waals surface area contributed by atoms with Crippen LogP contribution >= 0.6 is 11.6 Å². The predicted molar refractivity (Wildman–Crippen MR) is 121 cm³/mol. The second kappa shape index (κ2) is 9.63. The molecule has 0 atom stereocenters. The van der Waals surface area contributed by atoms with Crippen molar-refractivity contribution in [2.75, 3.05) is 10.8 Å². The molecular formula is C22H20ClN3O4S. The maximum Gasteiger partial charge on any atom is 0.264 e. The lowest BCUT2D eigenvalue weighted by Gasteiger charge is -2.24. The molecule has 0 unspecified atom stereocenters. The Morgan fingerprint density at radius 3 is 2.39 bits per heavy atom. The third-order valence-corrected chi connectivity index (χ3v) is 6.38. The van der Waals surface area contributed by atoms with Crippen molar-refractivity contribution in [2.24, 2.45) is 5.10 Å². The number of rotatable bonds is 7. The number of phenolic OH excluding ortho intramolecular Hbond substituents is 1. The number of halogens is 1. The molecule has 0 radical (unpaired) electrons. The zero-order valence-corrected chi connectivity index (χ0v) is 18.1. The monoisotopic (exact) mass is 457 g/mol. The minimum atomic E-state index is -4.04. The molecule has 3 aromatic carbocycles. The maximum absolute atomic E-state index is 13.2. The average molecular weight is 458 g/mol. The zero-order valence-electron chi connectivity index (χ0n) is 16.6. The Bertz CT molecular complexity index is 1210. The molecule has 3 rings (SSSR count). The summed E-state index contributed by atoms with van der Waals surface area (Å²) in [5.74, 6) is -0.639. The quantitative estimate of drug-likeness (QED) is 0.416. The standard InChI is InChI=1S/C22H20ClN3O4S/c1-16(20-12-5-6-13-21(20)27)24-25-22(28)15-26(18-9-7-8-17(23)14-18)31(29,30)19-10-3-2-4-11-19/h2-14,27H,15H2,1H3,(H,25,28)/b24-16-. The number of hydrogen-bond donors (Lipinski definition) is 2. The molecule has 1 amide bonds. The van der Waals surface area contributed by atoms with E-state index in [0.717, 1.165) is 4.31 Å². The number of hydrogen-bond acceptors (Lipinski definition) is 5. The largest absolute Gasteiger partial charge is 0.507 e. The summed E-state index contributed by atoms with van der Waals surface area (Å²) in [5.41, 5.74) is 3.41. The number of sulfonamides is 1. The van der Waals surface area contributed by atoms with Crippen LogP contribution in [0.4, 0.5) is 5.69 Å². The van der Waals surface area contributed by atoms with Crippen molar-refractivity contribution in [1.82, 2.24) is 5.43 Å². The topological polar surface area (TPSA) is 99.1 Å². The number of phenols is 1. The molecule has 31 heavy (non-hydrogen) atoms. The van der Waals surface area contributed by atoms with Crippen LogP contribution in [0.15, 0.2) is 88.9 Å². The van der Waals surface area contributed by atoms with E-state index >= 15 is 0 Å².